The van der Waals surface area contributed by atoms with Crippen LogP contribution in [0.1, 0.15) is 6.42 Å². The summed E-state index contributed by atoms with van der Waals surface area (Å²) in [6.07, 6.45) is 1.54. The maximum absolute atomic E-state index is 11.4. The maximum atomic E-state index is 11.4. The fraction of sp³-hybridized carbons (Fsp3) is 0.500. The van der Waals surface area contributed by atoms with Gasteiger partial charge in [0.2, 0.25) is 10.0 Å². The molecule has 0 fully saturated rings. The maximum Gasteiger partial charge on any atom is 0.331 e. The van der Waals surface area contributed by atoms with Gasteiger partial charge in [-0.25, -0.2) is 13.2 Å². The summed E-state index contributed by atoms with van der Waals surface area (Å²) in [6.45, 7) is 0.161. The Morgan fingerprint density at radius 1 is 1.67 bits per heavy atom. The van der Waals surface area contributed by atoms with Gasteiger partial charge in [-0.05, 0) is 6.42 Å². The highest BCUT2D eigenvalue weighted by atomic mass is 32.2. The molecule has 0 unspecified atom stereocenters. The number of nitrogens with zero attached hydrogens (tertiary/aromatic N) is 2. The van der Waals surface area contributed by atoms with Gasteiger partial charge in [0.1, 0.15) is 0 Å². The second kappa shape index (κ2) is 4.42. The van der Waals surface area contributed by atoms with Gasteiger partial charge in [-0.2, -0.15) is 9.57 Å². The topological polar surface area (TPSA) is 98.5 Å². The van der Waals surface area contributed by atoms with Crippen LogP contribution in [0.2, 0.25) is 0 Å². The average Bonchev–Trinajstić information content (AvgIpc) is 2.18. The van der Waals surface area contributed by atoms with Gasteiger partial charge in [0.25, 0.3) is 0 Å². The van der Waals surface area contributed by atoms with Crippen molar-refractivity contribution in [3.05, 3.63) is 11.6 Å². The Morgan fingerprint density at radius 2 is 2.33 bits per heavy atom. The minimum Gasteiger partial charge on any atom is -0.478 e. The monoisotopic (exact) mass is 230 g/mol. The number of hydrogen-bond acceptors (Lipinski definition) is 4. The molecule has 0 aromatic heterocycles. The van der Waals surface area contributed by atoms with E-state index in [9.17, 15) is 13.2 Å². The summed E-state index contributed by atoms with van der Waals surface area (Å²) < 4.78 is 23.9. The third-order valence-electron chi connectivity index (χ3n) is 2.09. The van der Waals surface area contributed by atoms with Crippen LogP contribution in [0.25, 0.3) is 0 Å². The molecule has 0 aliphatic carbocycles. The minimum absolute atomic E-state index is 0.0334. The summed E-state index contributed by atoms with van der Waals surface area (Å²) in [6, 6.07) is 1.57. The number of nitriles is 1. The summed E-state index contributed by atoms with van der Waals surface area (Å²) in [7, 11) is -3.55. The molecule has 1 rings (SSSR count). The smallest absolute Gasteiger partial charge is 0.331 e. The van der Waals surface area contributed by atoms with E-state index >= 15 is 0 Å². The summed E-state index contributed by atoms with van der Waals surface area (Å²) in [5.74, 6) is -1.59. The van der Waals surface area contributed by atoms with Crippen LogP contribution in [0.4, 0.5) is 0 Å². The third kappa shape index (κ3) is 2.78. The number of hydrogen-bond donors (Lipinski definition) is 1. The molecule has 1 aliphatic heterocycles. The fourth-order valence-electron chi connectivity index (χ4n) is 1.27. The van der Waals surface area contributed by atoms with Crippen LogP contribution < -0.4 is 0 Å². The lowest BCUT2D eigenvalue weighted by atomic mass is 10.1. The quantitative estimate of drug-likeness (QED) is 0.708. The van der Waals surface area contributed by atoms with Crippen molar-refractivity contribution in [1.29, 1.82) is 5.26 Å². The summed E-state index contributed by atoms with van der Waals surface area (Å²) in [5.41, 5.74) is 0.221. The number of rotatable bonds is 3. The van der Waals surface area contributed by atoms with Crippen LogP contribution >= 0.6 is 0 Å². The van der Waals surface area contributed by atoms with Gasteiger partial charge in [0.15, 0.2) is 5.75 Å². The van der Waals surface area contributed by atoms with E-state index < -0.39 is 21.7 Å². The first-order valence-corrected chi connectivity index (χ1v) is 5.85. The van der Waals surface area contributed by atoms with Crippen LogP contribution in [0, 0.1) is 11.3 Å². The first kappa shape index (κ1) is 11.7. The number of carboxylic acids is 1. The Kier molecular flexibility index (Phi) is 3.44. The van der Waals surface area contributed by atoms with Gasteiger partial charge in [0, 0.05) is 18.7 Å². The van der Waals surface area contributed by atoms with Crippen molar-refractivity contribution in [2.24, 2.45) is 0 Å². The molecule has 0 atom stereocenters. The molecule has 0 saturated carbocycles. The van der Waals surface area contributed by atoms with Crippen LogP contribution in [-0.4, -0.2) is 42.6 Å². The van der Waals surface area contributed by atoms with Gasteiger partial charge in [0.05, 0.1) is 6.07 Å². The van der Waals surface area contributed by atoms with Crippen molar-refractivity contribution in [3.63, 3.8) is 0 Å². The minimum atomic E-state index is -3.55. The van der Waals surface area contributed by atoms with E-state index in [1.807, 2.05) is 0 Å². The fourth-order valence-corrected chi connectivity index (χ4v) is 2.29. The molecule has 0 aromatic carbocycles. The Labute approximate surface area is 87.5 Å². The highest BCUT2D eigenvalue weighted by molar-refractivity contribution is 7.89. The summed E-state index contributed by atoms with van der Waals surface area (Å²) in [4.78, 5) is 10.5. The molecule has 0 spiro atoms. The van der Waals surface area contributed by atoms with Gasteiger partial charge >= 0.3 is 5.97 Å². The van der Waals surface area contributed by atoms with Crippen LogP contribution in [0.15, 0.2) is 11.6 Å². The predicted octanol–water partition coefficient (Wildman–Crippen LogP) is -0.444. The van der Waals surface area contributed by atoms with E-state index in [0.29, 0.717) is 0 Å². The Bertz CT molecular complexity index is 432. The Morgan fingerprint density at radius 3 is 2.73 bits per heavy atom. The molecule has 0 aromatic rings. The molecule has 0 radical (unpaired) electrons. The molecule has 82 valence electrons. The number of sulfonamides is 1. The molecular weight excluding hydrogens is 220 g/mol. The first-order chi connectivity index (χ1) is 6.97. The lowest BCUT2D eigenvalue weighted by Gasteiger charge is -2.23. The van der Waals surface area contributed by atoms with Gasteiger partial charge in [-0.1, -0.05) is 6.08 Å². The molecule has 1 heterocycles. The Hall–Kier alpha value is -1.39. The van der Waals surface area contributed by atoms with Crippen LogP contribution in [-0.2, 0) is 14.8 Å². The van der Waals surface area contributed by atoms with Crippen molar-refractivity contribution in [1.82, 2.24) is 4.31 Å². The Balaban J connectivity index is 2.74. The van der Waals surface area contributed by atoms with E-state index in [-0.39, 0.29) is 25.1 Å². The second-order valence-corrected chi connectivity index (χ2v) is 5.03. The van der Waals surface area contributed by atoms with E-state index in [0.717, 1.165) is 4.31 Å². The van der Waals surface area contributed by atoms with Crippen LogP contribution in [0.5, 0.6) is 0 Å². The van der Waals surface area contributed by atoms with Gasteiger partial charge in [-0.15, -0.1) is 0 Å². The summed E-state index contributed by atoms with van der Waals surface area (Å²) in [5, 5.41) is 16.9. The third-order valence-corrected chi connectivity index (χ3v) is 3.70. The van der Waals surface area contributed by atoms with E-state index in [1.165, 1.54) is 6.08 Å². The number of aliphatic carboxylic acids is 1. The van der Waals surface area contributed by atoms with E-state index in [2.05, 4.69) is 0 Å². The molecular formula is C8H10N2O4S. The SMILES string of the molecule is N#CCS(=O)(=O)N1CC=C(C(=O)O)CC1. The zero-order valence-electron chi connectivity index (χ0n) is 7.88. The van der Waals surface area contributed by atoms with Crippen molar-refractivity contribution < 1.29 is 18.3 Å². The molecule has 1 N–H and O–H groups in total. The van der Waals surface area contributed by atoms with Gasteiger partial charge in [-0.3, -0.25) is 0 Å². The first-order valence-electron chi connectivity index (χ1n) is 4.24. The van der Waals surface area contributed by atoms with Crippen molar-refractivity contribution in [2.45, 2.75) is 6.42 Å². The van der Waals surface area contributed by atoms with Crippen molar-refractivity contribution in [2.75, 3.05) is 18.8 Å². The lowest BCUT2D eigenvalue weighted by Crippen LogP contribution is -2.37. The zero-order valence-corrected chi connectivity index (χ0v) is 8.70. The molecule has 7 heteroatoms. The average molecular weight is 230 g/mol. The van der Waals surface area contributed by atoms with Crippen molar-refractivity contribution >= 4 is 16.0 Å². The number of carbonyl (C=O) groups is 1. The highest BCUT2D eigenvalue weighted by Crippen LogP contribution is 2.14. The molecule has 15 heavy (non-hydrogen) atoms. The van der Waals surface area contributed by atoms with Crippen LogP contribution in [0.3, 0.4) is 0 Å². The molecule has 1 aliphatic rings. The second-order valence-electron chi connectivity index (χ2n) is 3.06. The largest absolute Gasteiger partial charge is 0.478 e. The molecule has 0 bridgehead atoms. The zero-order chi connectivity index (χ0) is 11.5. The standard InChI is InChI=1S/C8H10N2O4S/c9-3-6-15(13,14)10-4-1-7(2-5-10)8(11)12/h1H,2,4-6H2,(H,11,12). The van der Waals surface area contributed by atoms with Crippen molar-refractivity contribution in [3.8, 4) is 6.07 Å². The predicted molar refractivity (Wildman–Crippen MR) is 51.3 cm³/mol. The number of carboxylic acid groups (broad SMARTS) is 1. The normalized spacial score (nSPS) is 17.9. The molecule has 0 amide bonds. The lowest BCUT2D eigenvalue weighted by molar-refractivity contribution is -0.132. The molecule has 0 saturated heterocycles. The summed E-state index contributed by atoms with van der Waals surface area (Å²) >= 11 is 0. The van der Waals surface area contributed by atoms with E-state index in [1.54, 1.807) is 6.07 Å². The van der Waals surface area contributed by atoms with Gasteiger partial charge < -0.3 is 5.11 Å². The van der Waals surface area contributed by atoms with E-state index in [4.69, 9.17) is 10.4 Å². The molecule has 6 nitrogen and oxygen atoms in total. The highest BCUT2D eigenvalue weighted by Gasteiger charge is 2.25.